The summed E-state index contributed by atoms with van der Waals surface area (Å²) in [6.45, 7) is 9.39. The molecule has 0 spiro atoms. The van der Waals surface area contributed by atoms with Gasteiger partial charge in [0.1, 0.15) is 6.04 Å². The lowest BCUT2D eigenvalue weighted by atomic mass is 10.2. The molecule has 5 heteroatoms. The van der Waals surface area contributed by atoms with Crippen LogP contribution in [0.15, 0.2) is 0 Å². The van der Waals surface area contributed by atoms with Crippen molar-refractivity contribution in [3.63, 3.8) is 0 Å². The van der Waals surface area contributed by atoms with Crippen LogP contribution in [0.25, 0.3) is 0 Å². The first kappa shape index (κ1) is 12.5. The number of nitrogen functional groups attached to an aromatic ring is 1. The maximum atomic E-state index is 11.8. The molecular formula is C11H20N4O. The Hall–Kier alpha value is -1.52. The zero-order valence-electron chi connectivity index (χ0n) is 10.5. The SMILES string of the molecule is Cc1nn(C(C)C(=O)NC(C)C)c(C)c1N. The summed E-state index contributed by atoms with van der Waals surface area (Å²) in [4.78, 5) is 11.8. The lowest BCUT2D eigenvalue weighted by Gasteiger charge is -2.16. The van der Waals surface area contributed by atoms with Gasteiger partial charge in [0.05, 0.1) is 17.1 Å². The Kier molecular flexibility index (Phi) is 3.57. The maximum Gasteiger partial charge on any atom is 0.244 e. The highest BCUT2D eigenvalue weighted by Gasteiger charge is 2.20. The van der Waals surface area contributed by atoms with Crippen molar-refractivity contribution in [1.82, 2.24) is 15.1 Å². The average Bonchev–Trinajstić information content (AvgIpc) is 2.44. The fourth-order valence-corrected chi connectivity index (χ4v) is 1.57. The first-order valence-electron chi connectivity index (χ1n) is 5.46. The number of carbonyl (C=O) groups excluding carboxylic acids is 1. The number of nitrogens with zero attached hydrogens (tertiary/aromatic N) is 2. The monoisotopic (exact) mass is 224 g/mol. The number of hydrogen-bond acceptors (Lipinski definition) is 3. The van der Waals surface area contributed by atoms with Gasteiger partial charge in [0.2, 0.25) is 5.91 Å². The molecule has 1 atom stereocenters. The van der Waals surface area contributed by atoms with E-state index in [1.807, 2.05) is 34.6 Å². The van der Waals surface area contributed by atoms with E-state index in [2.05, 4.69) is 10.4 Å². The molecular weight excluding hydrogens is 204 g/mol. The molecule has 0 radical (unpaired) electrons. The van der Waals surface area contributed by atoms with Gasteiger partial charge in [-0.2, -0.15) is 5.10 Å². The number of amides is 1. The minimum atomic E-state index is -0.335. The Labute approximate surface area is 96.0 Å². The van der Waals surface area contributed by atoms with E-state index in [9.17, 15) is 4.79 Å². The van der Waals surface area contributed by atoms with Crippen LogP contribution in [0.2, 0.25) is 0 Å². The molecule has 1 aromatic heterocycles. The first-order valence-corrected chi connectivity index (χ1v) is 5.46. The Morgan fingerprint density at radius 3 is 2.31 bits per heavy atom. The molecule has 1 rings (SSSR count). The molecule has 0 aliphatic carbocycles. The molecule has 0 saturated carbocycles. The Morgan fingerprint density at radius 2 is 1.94 bits per heavy atom. The van der Waals surface area contributed by atoms with Gasteiger partial charge in [-0.1, -0.05) is 0 Å². The highest BCUT2D eigenvalue weighted by atomic mass is 16.2. The van der Waals surface area contributed by atoms with Crippen molar-refractivity contribution in [3.05, 3.63) is 11.4 Å². The van der Waals surface area contributed by atoms with Gasteiger partial charge in [0, 0.05) is 6.04 Å². The zero-order chi connectivity index (χ0) is 12.5. The molecule has 1 amide bonds. The molecule has 1 unspecified atom stereocenters. The topological polar surface area (TPSA) is 72.9 Å². The maximum absolute atomic E-state index is 11.8. The molecule has 90 valence electrons. The summed E-state index contributed by atoms with van der Waals surface area (Å²) >= 11 is 0. The van der Waals surface area contributed by atoms with E-state index in [0.29, 0.717) is 5.69 Å². The van der Waals surface area contributed by atoms with E-state index in [1.54, 1.807) is 4.68 Å². The molecule has 3 N–H and O–H groups in total. The lowest BCUT2D eigenvalue weighted by Crippen LogP contribution is -2.36. The molecule has 0 aromatic carbocycles. The second-order valence-electron chi connectivity index (χ2n) is 4.37. The number of rotatable bonds is 3. The van der Waals surface area contributed by atoms with Gasteiger partial charge in [-0.05, 0) is 34.6 Å². The number of nitrogens with two attached hydrogens (primary N) is 1. The Balaban J connectivity index is 2.92. The predicted molar refractivity (Wildman–Crippen MR) is 64.1 cm³/mol. The van der Waals surface area contributed by atoms with E-state index in [0.717, 1.165) is 11.4 Å². The van der Waals surface area contributed by atoms with Crippen molar-refractivity contribution in [2.24, 2.45) is 0 Å². The molecule has 1 heterocycles. The number of aryl methyl sites for hydroxylation is 1. The number of carbonyl (C=O) groups is 1. The second kappa shape index (κ2) is 4.55. The standard InChI is InChI=1S/C11H20N4O/c1-6(2)13-11(16)9(5)15-8(4)10(12)7(3)14-15/h6,9H,12H2,1-5H3,(H,13,16). The number of anilines is 1. The normalized spacial score (nSPS) is 12.9. The molecule has 1 aromatic rings. The second-order valence-corrected chi connectivity index (χ2v) is 4.37. The Bertz CT molecular complexity index is 395. The van der Waals surface area contributed by atoms with Crippen LogP contribution >= 0.6 is 0 Å². The summed E-state index contributed by atoms with van der Waals surface area (Å²) in [6, 6.07) is -0.206. The highest BCUT2D eigenvalue weighted by molar-refractivity contribution is 5.80. The molecule has 0 aliphatic heterocycles. The van der Waals surface area contributed by atoms with Gasteiger partial charge in [-0.15, -0.1) is 0 Å². The van der Waals surface area contributed by atoms with Crippen molar-refractivity contribution in [3.8, 4) is 0 Å². The van der Waals surface area contributed by atoms with Gasteiger partial charge < -0.3 is 11.1 Å². The third-order valence-electron chi connectivity index (χ3n) is 2.56. The quantitative estimate of drug-likeness (QED) is 0.809. The number of hydrogen-bond donors (Lipinski definition) is 2. The van der Waals surface area contributed by atoms with Crippen molar-refractivity contribution >= 4 is 11.6 Å². The molecule has 0 bridgehead atoms. The van der Waals surface area contributed by atoms with Crippen LogP contribution in [0.3, 0.4) is 0 Å². The summed E-state index contributed by atoms with van der Waals surface area (Å²) in [5.74, 6) is -0.0411. The fraction of sp³-hybridized carbons (Fsp3) is 0.636. The van der Waals surface area contributed by atoms with E-state index >= 15 is 0 Å². The Morgan fingerprint density at radius 1 is 1.38 bits per heavy atom. The van der Waals surface area contributed by atoms with E-state index in [-0.39, 0.29) is 18.0 Å². The fourth-order valence-electron chi connectivity index (χ4n) is 1.57. The minimum absolute atomic E-state index is 0.0411. The average molecular weight is 224 g/mol. The number of nitrogens with one attached hydrogen (secondary N) is 1. The van der Waals surface area contributed by atoms with E-state index < -0.39 is 0 Å². The molecule has 0 saturated heterocycles. The zero-order valence-corrected chi connectivity index (χ0v) is 10.5. The smallest absolute Gasteiger partial charge is 0.244 e. The van der Waals surface area contributed by atoms with Crippen LogP contribution in [0, 0.1) is 13.8 Å². The van der Waals surface area contributed by atoms with Crippen LogP contribution in [0.1, 0.15) is 38.2 Å². The molecule has 0 aliphatic rings. The van der Waals surface area contributed by atoms with Gasteiger partial charge in [-0.25, -0.2) is 0 Å². The van der Waals surface area contributed by atoms with Crippen LogP contribution < -0.4 is 11.1 Å². The largest absolute Gasteiger partial charge is 0.396 e. The molecule has 5 nitrogen and oxygen atoms in total. The van der Waals surface area contributed by atoms with Gasteiger partial charge in [0.15, 0.2) is 0 Å². The summed E-state index contributed by atoms with van der Waals surface area (Å²) in [5.41, 5.74) is 8.09. The summed E-state index contributed by atoms with van der Waals surface area (Å²) in [6.07, 6.45) is 0. The van der Waals surface area contributed by atoms with Crippen LogP contribution in [0.5, 0.6) is 0 Å². The van der Waals surface area contributed by atoms with E-state index in [4.69, 9.17) is 5.73 Å². The lowest BCUT2D eigenvalue weighted by molar-refractivity contribution is -0.124. The van der Waals surface area contributed by atoms with Crippen molar-refractivity contribution in [2.45, 2.75) is 46.7 Å². The molecule has 16 heavy (non-hydrogen) atoms. The van der Waals surface area contributed by atoms with Crippen molar-refractivity contribution in [1.29, 1.82) is 0 Å². The highest BCUT2D eigenvalue weighted by Crippen LogP contribution is 2.19. The van der Waals surface area contributed by atoms with Crippen LogP contribution in [0.4, 0.5) is 5.69 Å². The van der Waals surface area contributed by atoms with Gasteiger partial charge in [0.25, 0.3) is 0 Å². The third kappa shape index (κ3) is 2.35. The minimum Gasteiger partial charge on any atom is -0.396 e. The van der Waals surface area contributed by atoms with Crippen LogP contribution in [-0.4, -0.2) is 21.7 Å². The van der Waals surface area contributed by atoms with Crippen molar-refractivity contribution in [2.75, 3.05) is 5.73 Å². The first-order chi connectivity index (χ1) is 7.34. The van der Waals surface area contributed by atoms with Gasteiger partial charge in [-0.3, -0.25) is 9.48 Å². The summed E-state index contributed by atoms with van der Waals surface area (Å²) < 4.78 is 1.67. The third-order valence-corrected chi connectivity index (χ3v) is 2.56. The summed E-state index contributed by atoms with van der Waals surface area (Å²) in [7, 11) is 0. The summed E-state index contributed by atoms with van der Waals surface area (Å²) in [5, 5.41) is 7.13. The number of aromatic nitrogens is 2. The predicted octanol–water partition coefficient (Wildman–Crippen LogP) is 1.17. The van der Waals surface area contributed by atoms with Crippen LogP contribution in [-0.2, 0) is 4.79 Å². The molecule has 0 fully saturated rings. The van der Waals surface area contributed by atoms with E-state index in [1.165, 1.54) is 0 Å². The van der Waals surface area contributed by atoms with Crippen molar-refractivity contribution < 1.29 is 4.79 Å². The van der Waals surface area contributed by atoms with Gasteiger partial charge >= 0.3 is 0 Å².